The highest BCUT2D eigenvalue weighted by Crippen LogP contribution is 2.25. The Labute approximate surface area is 125 Å². The molecule has 0 bridgehead atoms. The first-order chi connectivity index (χ1) is 9.11. The molecule has 1 N–H and O–H groups in total. The highest BCUT2D eigenvalue weighted by molar-refractivity contribution is 7.09. The molecule has 1 heterocycles. The molecule has 1 aromatic rings. The number of aliphatic hydroxyl groups is 1. The number of aromatic nitrogens is 1. The maximum atomic E-state index is 12.3. The van der Waals surface area contributed by atoms with Gasteiger partial charge >= 0.3 is 0 Å². The summed E-state index contributed by atoms with van der Waals surface area (Å²) in [6.45, 7) is 12.3. The molecule has 1 unspecified atom stereocenters. The molecule has 1 amide bonds. The van der Waals surface area contributed by atoms with E-state index in [9.17, 15) is 9.90 Å². The molecular weight excluding hydrogens is 272 g/mol. The Hall–Kier alpha value is -0.940. The quantitative estimate of drug-likeness (QED) is 0.909. The van der Waals surface area contributed by atoms with Gasteiger partial charge in [0.25, 0.3) is 0 Å². The summed E-state index contributed by atoms with van der Waals surface area (Å²) in [5.74, 6) is 0.0201. The predicted octanol–water partition coefficient (Wildman–Crippen LogP) is 2.60. The highest BCUT2D eigenvalue weighted by Gasteiger charge is 2.22. The van der Waals surface area contributed by atoms with Crippen LogP contribution in [0.1, 0.15) is 52.2 Å². The van der Waals surface area contributed by atoms with Crippen molar-refractivity contribution in [3.8, 4) is 0 Å². The van der Waals surface area contributed by atoms with Gasteiger partial charge in [-0.05, 0) is 20.8 Å². The van der Waals surface area contributed by atoms with Gasteiger partial charge in [-0.1, -0.05) is 20.8 Å². The van der Waals surface area contributed by atoms with Crippen LogP contribution in [-0.2, 0) is 16.6 Å². The molecule has 1 aromatic heterocycles. The maximum Gasteiger partial charge on any atom is 0.228 e. The zero-order valence-electron chi connectivity index (χ0n) is 13.3. The van der Waals surface area contributed by atoms with Crippen LogP contribution in [0, 0.1) is 0 Å². The van der Waals surface area contributed by atoms with Gasteiger partial charge in [0, 0.05) is 23.4 Å². The summed E-state index contributed by atoms with van der Waals surface area (Å²) in [7, 11) is 0. The van der Waals surface area contributed by atoms with Gasteiger partial charge in [-0.25, -0.2) is 4.98 Å². The minimum absolute atomic E-state index is 0.0172. The van der Waals surface area contributed by atoms with E-state index in [1.54, 1.807) is 23.2 Å². The Morgan fingerprint density at radius 2 is 2.00 bits per heavy atom. The number of nitrogens with zero attached hydrogens (tertiary/aromatic N) is 2. The van der Waals surface area contributed by atoms with Crippen LogP contribution in [0.3, 0.4) is 0 Å². The molecule has 20 heavy (non-hydrogen) atoms. The summed E-state index contributed by atoms with van der Waals surface area (Å²) in [4.78, 5) is 18.6. The van der Waals surface area contributed by atoms with E-state index >= 15 is 0 Å². The van der Waals surface area contributed by atoms with Gasteiger partial charge in [-0.3, -0.25) is 4.79 Å². The molecule has 114 valence electrons. The average molecular weight is 298 g/mol. The zero-order chi connectivity index (χ0) is 15.5. The molecule has 0 spiro atoms. The number of carbonyl (C=O) groups is 1. The van der Waals surface area contributed by atoms with E-state index in [0.29, 0.717) is 13.0 Å². The molecule has 0 aliphatic heterocycles. The lowest BCUT2D eigenvalue weighted by atomic mass is 9.98. The Kier molecular flexibility index (Phi) is 5.71. The fourth-order valence-corrected chi connectivity index (χ4v) is 2.78. The molecule has 1 rings (SSSR count). The zero-order valence-corrected chi connectivity index (χ0v) is 14.1. The van der Waals surface area contributed by atoms with E-state index in [1.165, 1.54) is 0 Å². The van der Waals surface area contributed by atoms with Crippen LogP contribution in [0.4, 0.5) is 0 Å². The first-order valence-electron chi connectivity index (χ1n) is 7.03. The number of hydrogen-bond acceptors (Lipinski definition) is 4. The lowest BCUT2D eigenvalue weighted by Crippen LogP contribution is -2.42. The Balaban J connectivity index is 2.76. The minimum atomic E-state index is -0.512. The van der Waals surface area contributed by atoms with E-state index in [-0.39, 0.29) is 17.4 Å². The Morgan fingerprint density at radius 3 is 2.40 bits per heavy atom. The summed E-state index contributed by atoms with van der Waals surface area (Å²) >= 11 is 1.60. The monoisotopic (exact) mass is 298 g/mol. The molecule has 0 aromatic carbocycles. The second-order valence-electron chi connectivity index (χ2n) is 6.56. The second-order valence-corrected chi connectivity index (χ2v) is 7.42. The standard InChI is InChI=1S/C15H26N2O2S/c1-10(2)17(8-11(3)18)13(19)7-12-9-20-14(16-12)15(4,5)6/h9-11,18H,7-8H2,1-6H3. The summed E-state index contributed by atoms with van der Waals surface area (Å²) < 4.78 is 0. The predicted molar refractivity (Wildman–Crippen MR) is 83.0 cm³/mol. The molecule has 4 nitrogen and oxygen atoms in total. The Morgan fingerprint density at radius 1 is 1.40 bits per heavy atom. The van der Waals surface area contributed by atoms with Crippen LogP contribution in [-0.4, -0.2) is 39.6 Å². The third kappa shape index (κ3) is 4.87. The molecule has 0 aliphatic carbocycles. The van der Waals surface area contributed by atoms with E-state index in [0.717, 1.165) is 10.7 Å². The normalized spacial score (nSPS) is 13.6. The average Bonchev–Trinajstić information content (AvgIpc) is 2.73. The van der Waals surface area contributed by atoms with E-state index in [1.807, 2.05) is 19.2 Å². The largest absolute Gasteiger partial charge is 0.392 e. The number of aliphatic hydroxyl groups excluding tert-OH is 1. The Bertz CT molecular complexity index is 447. The molecule has 1 atom stereocenters. The highest BCUT2D eigenvalue weighted by atomic mass is 32.1. The van der Waals surface area contributed by atoms with Gasteiger partial charge in [0.15, 0.2) is 0 Å². The summed E-state index contributed by atoms with van der Waals surface area (Å²) in [6, 6.07) is 0.0813. The van der Waals surface area contributed by atoms with Crippen LogP contribution >= 0.6 is 11.3 Å². The van der Waals surface area contributed by atoms with Crippen molar-refractivity contribution >= 4 is 17.2 Å². The topological polar surface area (TPSA) is 53.4 Å². The third-order valence-corrected chi connectivity index (χ3v) is 4.25. The molecule has 0 saturated carbocycles. The van der Waals surface area contributed by atoms with Gasteiger partial charge in [0.05, 0.1) is 23.2 Å². The fourth-order valence-electron chi connectivity index (χ4n) is 1.87. The van der Waals surface area contributed by atoms with E-state index < -0.39 is 6.10 Å². The van der Waals surface area contributed by atoms with Crippen LogP contribution in [0.2, 0.25) is 0 Å². The first-order valence-corrected chi connectivity index (χ1v) is 7.91. The van der Waals surface area contributed by atoms with Crippen molar-refractivity contribution < 1.29 is 9.90 Å². The van der Waals surface area contributed by atoms with Crippen molar-refractivity contribution in [2.45, 2.75) is 65.5 Å². The number of hydrogen-bond donors (Lipinski definition) is 1. The summed E-state index contributed by atoms with van der Waals surface area (Å²) in [5.41, 5.74) is 0.838. The van der Waals surface area contributed by atoms with E-state index in [2.05, 4.69) is 25.8 Å². The molecule has 0 saturated heterocycles. The van der Waals surface area contributed by atoms with Crippen LogP contribution < -0.4 is 0 Å². The summed E-state index contributed by atoms with van der Waals surface area (Å²) in [5, 5.41) is 12.5. The molecule has 0 aliphatic rings. The van der Waals surface area contributed by atoms with Crippen molar-refractivity contribution in [3.63, 3.8) is 0 Å². The van der Waals surface area contributed by atoms with Crippen LogP contribution in [0.15, 0.2) is 5.38 Å². The molecule has 0 radical (unpaired) electrons. The lowest BCUT2D eigenvalue weighted by Gasteiger charge is -2.27. The van der Waals surface area contributed by atoms with Gasteiger partial charge < -0.3 is 10.0 Å². The van der Waals surface area contributed by atoms with Gasteiger partial charge in [0.1, 0.15) is 0 Å². The first kappa shape index (κ1) is 17.1. The van der Waals surface area contributed by atoms with Gasteiger partial charge in [-0.15, -0.1) is 11.3 Å². The molecule has 0 fully saturated rings. The smallest absolute Gasteiger partial charge is 0.228 e. The van der Waals surface area contributed by atoms with Gasteiger partial charge in [0.2, 0.25) is 5.91 Å². The van der Waals surface area contributed by atoms with Crippen molar-refractivity contribution in [1.29, 1.82) is 0 Å². The molecular formula is C15H26N2O2S. The number of thiazole rings is 1. The summed E-state index contributed by atoms with van der Waals surface area (Å²) in [6.07, 6.45) is -0.209. The minimum Gasteiger partial charge on any atom is -0.392 e. The SMILES string of the molecule is CC(O)CN(C(=O)Cc1csc(C(C)(C)C)n1)C(C)C. The van der Waals surface area contributed by atoms with E-state index in [4.69, 9.17) is 0 Å². The van der Waals surface area contributed by atoms with Gasteiger partial charge in [-0.2, -0.15) is 0 Å². The fraction of sp³-hybridized carbons (Fsp3) is 0.733. The second kappa shape index (κ2) is 6.68. The maximum absolute atomic E-state index is 12.3. The van der Waals surface area contributed by atoms with Crippen molar-refractivity contribution in [2.24, 2.45) is 0 Å². The van der Waals surface area contributed by atoms with Crippen molar-refractivity contribution in [2.75, 3.05) is 6.54 Å². The number of amides is 1. The number of rotatable bonds is 5. The third-order valence-electron chi connectivity index (χ3n) is 2.93. The lowest BCUT2D eigenvalue weighted by molar-refractivity contribution is -0.133. The van der Waals surface area contributed by atoms with Crippen LogP contribution in [0.25, 0.3) is 0 Å². The van der Waals surface area contributed by atoms with Crippen molar-refractivity contribution in [3.05, 3.63) is 16.1 Å². The van der Waals surface area contributed by atoms with Crippen molar-refractivity contribution in [1.82, 2.24) is 9.88 Å². The number of carbonyl (C=O) groups excluding carboxylic acids is 1. The molecule has 5 heteroatoms. The van der Waals surface area contributed by atoms with Crippen LogP contribution in [0.5, 0.6) is 0 Å².